The van der Waals surface area contributed by atoms with Gasteiger partial charge in [0.25, 0.3) is 0 Å². The van der Waals surface area contributed by atoms with Crippen LogP contribution in [0.15, 0.2) is 46.4 Å². The minimum Gasteiger partial charge on any atom is -0.211 e. The van der Waals surface area contributed by atoms with E-state index in [0.29, 0.717) is 0 Å². The Morgan fingerprint density at radius 3 is 2.00 bits per heavy atom. The third kappa shape index (κ3) is 1.44. The maximum Gasteiger partial charge on any atom is 0.238 e. The largest absolute Gasteiger partial charge is 0.238 e. The van der Waals surface area contributed by atoms with Crippen LogP contribution in [0.4, 0.5) is 0 Å². The first-order valence-corrected chi connectivity index (χ1v) is 6.29. The molecule has 4 nitrogen and oxygen atoms in total. The second-order valence-corrected chi connectivity index (χ2v) is 5.48. The van der Waals surface area contributed by atoms with Gasteiger partial charge in [-0.1, -0.05) is 44.2 Å². The van der Waals surface area contributed by atoms with Crippen molar-refractivity contribution in [3.05, 3.63) is 47.5 Å². The molecule has 0 atom stereocenters. The highest BCUT2D eigenvalue weighted by Crippen LogP contribution is 2.58. The summed E-state index contributed by atoms with van der Waals surface area (Å²) in [5, 5.41) is 0. The number of carbonyl (C=O) groups excluding carboxylic acids is 2. The van der Waals surface area contributed by atoms with Crippen LogP contribution in [0.25, 0.3) is 11.1 Å². The minimum absolute atomic E-state index is 0.190. The molecule has 0 N–H and O–H groups in total. The van der Waals surface area contributed by atoms with Crippen molar-refractivity contribution in [3.8, 4) is 0 Å². The van der Waals surface area contributed by atoms with E-state index in [4.69, 9.17) is 0 Å². The summed E-state index contributed by atoms with van der Waals surface area (Å²) in [5.41, 5.74) is 2.45. The average Bonchev–Trinajstić information content (AvgIpc) is 2.38. The summed E-state index contributed by atoms with van der Waals surface area (Å²) in [4.78, 5) is 29.1. The van der Waals surface area contributed by atoms with Gasteiger partial charge in [0.05, 0.1) is 0 Å². The van der Waals surface area contributed by atoms with Crippen LogP contribution >= 0.6 is 0 Å². The first kappa shape index (κ1) is 12.5. The van der Waals surface area contributed by atoms with E-state index in [-0.39, 0.29) is 5.41 Å². The van der Waals surface area contributed by atoms with Crippen LogP contribution in [0.5, 0.6) is 0 Å². The van der Waals surface area contributed by atoms with Crippen molar-refractivity contribution < 1.29 is 9.59 Å². The minimum atomic E-state index is -1.30. The molecule has 2 aliphatic rings. The van der Waals surface area contributed by atoms with Gasteiger partial charge in [-0.15, -0.1) is 0 Å². The zero-order chi connectivity index (χ0) is 14.4. The second kappa shape index (κ2) is 3.97. The summed E-state index contributed by atoms with van der Waals surface area (Å²) in [5.74, 6) is 0. The molecule has 0 saturated heterocycles. The number of benzene rings is 1. The van der Waals surface area contributed by atoms with Crippen molar-refractivity contribution in [3.63, 3.8) is 0 Å². The topological polar surface area (TPSA) is 58.9 Å². The van der Waals surface area contributed by atoms with Crippen molar-refractivity contribution in [2.45, 2.75) is 19.5 Å². The van der Waals surface area contributed by atoms with Gasteiger partial charge in [0.1, 0.15) is 0 Å². The molecule has 0 aromatic heterocycles. The lowest BCUT2D eigenvalue weighted by Crippen LogP contribution is -2.36. The molecule has 0 unspecified atom stereocenters. The van der Waals surface area contributed by atoms with Crippen LogP contribution in [-0.4, -0.2) is 17.8 Å². The van der Waals surface area contributed by atoms with E-state index in [9.17, 15) is 9.59 Å². The number of fused-ring (bicyclic) bond motifs is 3. The Kier molecular flexibility index (Phi) is 2.48. The van der Waals surface area contributed by atoms with E-state index < -0.39 is 5.66 Å². The molecule has 0 heterocycles. The molecular weight excluding hydrogens is 252 g/mol. The van der Waals surface area contributed by atoms with E-state index in [0.717, 1.165) is 22.3 Å². The predicted molar refractivity (Wildman–Crippen MR) is 75.2 cm³/mol. The molecule has 20 heavy (non-hydrogen) atoms. The molecule has 1 aromatic carbocycles. The third-order valence-electron chi connectivity index (χ3n) is 3.89. The van der Waals surface area contributed by atoms with Crippen molar-refractivity contribution >= 4 is 23.3 Å². The molecule has 98 valence electrons. The van der Waals surface area contributed by atoms with Crippen LogP contribution in [0.2, 0.25) is 0 Å². The summed E-state index contributed by atoms with van der Waals surface area (Å²) in [6.07, 6.45) is 6.64. The number of hydrogen-bond acceptors (Lipinski definition) is 4. The van der Waals surface area contributed by atoms with Crippen molar-refractivity contribution in [2.75, 3.05) is 0 Å². The van der Waals surface area contributed by atoms with E-state index in [1.807, 2.05) is 30.3 Å². The summed E-state index contributed by atoms with van der Waals surface area (Å²) < 4.78 is 0. The van der Waals surface area contributed by atoms with E-state index in [1.165, 1.54) is 12.2 Å². The Bertz CT molecular complexity index is 740. The van der Waals surface area contributed by atoms with Gasteiger partial charge in [-0.05, 0) is 22.8 Å². The number of hydrogen-bond donors (Lipinski definition) is 0. The predicted octanol–water partition coefficient (Wildman–Crippen LogP) is 2.87. The first-order valence-electron chi connectivity index (χ1n) is 6.29. The summed E-state index contributed by atoms with van der Waals surface area (Å²) in [6.45, 7) is 4.15. The summed E-state index contributed by atoms with van der Waals surface area (Å²) in [6, 6.07) is 7.84. The number of isocyanates is 2. The highest BCUT2D eigenvalue weighted by Gasteiger charge is 2.48. The fraction of sp³-hybridized carbons (Fsp3) is 0.250. The fourth-order valence-electron chi connectivity index (χ4n) is 3.02. The summed E-state index contributed by atoms with van der Waals surface area (Å²) in [7, 11) is 0. The van der Waals surface area contributed by atoms with E-state index >= 15 is 0 Å². The number of rotatable bonds is 2. The van der Waals surface area contributed by atoms with Crippen molar-refractivity contribution in [2.24, 2.45) is 15.4 Å². The normalized spacial score (nSPS) is 24.7. The lowest BCUT2D eigenvalue weighted by Gasteiger charge is -2.44. The van der Waals surface area contributed by atoms with Gasteiger partial charge in [-0.2, -0.15) is 9.98 Å². The molecule has 0 amide bonds. The maximum absolute atomic E-state index is 10.8. The van der Waals surface area contributed by atoms with E-state index in [2.05, 4.69) is 23.8 Å². The van der Waals surface area contributed by atoms with Gasteiger partial charge in [-0.25, -0.2) is 9.59 Å². The van der Waals surface area contributed by atoms with Crippen LogP contribution in [0.3, 0.4) is 0 Å². The molecule has 0 spiro atoms. The monoisotopic (exact) mass is 264 g/mol. The Morgan fingerprint density at radius 2 is 1.45 bits per heavy atom. The SMILES string of the molecule is CC1(C)C=CC(N=C=O)(N=C=O)C2=C1c1ccccc12. The van der Waals surface area contributed by atoms with Gasteiger partial charge in [0.2, 0.25) is 17.8 Å². The van der Waals surface area contributed by atoms with Gasteiger partial charge >= 0.3 is 0 Å². The summed E-state index contributed by atoms with van der Waals surface area (Å²) >= 11 is 0. The number of allylic oxidation sites excluding steroid dienone is 2. The third-order valence-corrected chi connectivity index (χ3v) is 3.89. The van der Waals surface area contributed by atoms with Crippen molar-refractivity contribution in [1.29, 1.82) is 0 Å². The molecule has 0 bridgehead atoms. The molecule has 4 heteroatoms. The van der Waals surface area contributed by atoms with Gasteiger partial charge in [0.15, 0.2) is 0 Å². The Balaban J connectivity index is 2.32. The molecule has 1 aromatic rings. The molecular formula is C16H12N2O2. The van der Waals surface area contributed by atoms with Gasteiger partial charge in [-0.3, -0.25) is 0 Å². The quantitative estimate of drug-likeness (QED) is 0.468. The van der Waals surface area contributed by atoms with Crippen molar-refractivity contribution in [1.82, 2.24) is 0 Å². The molecule has 0 radical (unpaired) electrons. The molecule has 2 aliphatic carbocycles. The molecule has 3 rings (SSSR count). The zero-order valence-corrected chi connectivity index (χ0v) is 11.2. The highest BCUT2D eigenvalue weighted by atomic mass is 16.1. The smallest absolute Gasteiger partial charge is 0.211 e. The zero-order valence-electron chi connectivity index (χ0n) is 11.2. The van der Waals surface area contributed by atoms with Crippen LogP contribution in [0, 0.1) is 5.41 Å². The molecule has 0 fully saturated rings. The van der Waals surface area contributed by atoms with Gasteiger partial charge < -0.3 is 0 Å². The Labute approximate surface area is 116 Å². The van der Waals surface area contributed by atoms with Crippen LogP contribution < -0.4 is 0 Å². The van der Waals surface area contributed by atoms with E-state index in [1.54, 1.807) is 6.08 Å². The fourth-order valence-corrected chi connectivity index (χ4v) is 3.02. The molecule has 0 aliphatic heterocycles. The molecule has 0 saturated carbocycles. The average molecular weight is 264 g/mol. The number of nitrogens with zero attached hydrogens (tertiary/aromatic N) is 2. The number of aliphatic imine (C=N–C) groups is 2. The highest BCUT2D eigenvalue weighted by molar-refractivity contribution is 6.11. The van der Waals surface area contributed by atoms with Crippen LogP contribution in [-0.2, 0) is 9.59 Å². The van der Waals surface area contributed by atoms with Gasteiger partial charge in [0, 0.05) is 11.0 Å². The standard InChI is InChI=1S/C16H12N2O2/c1-15(2)7-8-16(17-9-19,18-10-20)14-12-6-4-3-5-11(12)13(14)15/h3-8H,1-2H3. The lowest BCUT2D eigenvalue weighted by molar-refractivity contribution is 0.539. The second-order valence-electron chi connectivity index (χ2n) is 5.48. The Morgan fingerprint density at radius 1 is 0.900 bits per heavy atom. The maximum atomic E-state index is 10.8. The first-order chi connectivity index (χ1) is 9.56. The van der Waals surface area contributed by atoms with Crippen LogP contribution in [0.1, 0.15) is 25.0 Å². The Hall–Kier alpha value is -2.54. The lowest BCUT2D eigenvalue weighted by atomic mass is 9.61.